The Morgan fingerprint density at radius 3 is 2.45 bits per heavy atom. The van der Waals surface area contributed by atoms with Gasteiger partial charge in [0.05, 0.1) is 6.10 Å². The molecule has 0 bridgehead atoms. The van der Waals surface area contributed by atoms with Gasteiger partial charge in [0.15, 0.2) is 0 Å². The summed E-state index contributed by atoms with van der Waals surface area (Å²) >= 11 is 1.53. The third-order valence-electron chi connectivity index (χ3n) is 2.64. The molecule has 0 fully saturated rings. The number of carbonyl (C=O) groups excluding carboxylic acids is 1. The molecule has 20 heavy (non-hydrogen) atoms. The van der Waals surface area contributed by atoms with Gasteiger partial charge in [-0.3, -0.25) is 4.79 Å². The first-order chi connectivity index (χ1) is 9.54. The van der Waals surface area contributed by atoms with Gasteiger partial charge in [-0.2, -0.15) is 0 Å². The van der Waals surface area contributed by atoms with Crippen molar-refractivity contribution in [2.24, 2.45) is 0 Å². The molecule has 0 spiro atoms. The highest BCUT2D eigenvalue weighted by molar-refractivity contribution is 7.99. The van der Waals surface area contributed by atoms with Gasteiger partial charge in [-0.15, -0.1) is 0 Å². The van der Waals surface area contributed by atoms with E-state index in [0.29, 0.717) is 0 Å². The second-order valence-electron chi connectivity index (χ2n) is 4.41. The Labute approximate surface area is 122 Å². The summed E-state index contributed by atoms with van der Waals surface area (Å²) in [5.41, 5.74) is 1.58. The van der Waals surface area contributed by atoms with Crippen molar-refractivity contribution in [2.75, 3.05) is 5.32 Å². The number of nitrogens with zero attached hydrogens (tertiary/aromatic N) is 1. The average molecular weight is 288 g/mol. The zero-order valence-corrected chi connectivity index (χ0v) is 12.1. The summed E-state index contributed by atoms with van der Waals surface area (Å²) in [6.45, 7) is 3.20. The Morgan fingerprint density at radius 1 is 1.25 bits per heavy atom. The van der Waals surface area contributed by atoms with Crippen molar-refractivity contribution in [3.05, 3.63) is 48.2 Å². The molecule has 5 heteroatoms. The van der Waals surface area contributed by atoms with E-state index >= 15 is 0 Å². The maximum Gasteiger partial charge on any atom is 0.221 e. The number of hydrogen-bond donors (Lipinski definition) is 2. The van der Waals surface area contributed by atoms with E-state index in [2.05, 4.69) is 10.3 Å². The van der Waals surface area contributed by atoms with E-state index in [1.165, 1.54) is 18.7 Å². The SMILES string of the molecule is CC(=O)Nc1ccc(Sc2ccc([C@@H](C)O)cn2)cc1. The first kappa shape index (κ1) is 14.6. The van der Waals surface area contributed by atoms with Gasteiger partial charge in [0.2, 0.25) is 5.91 Å². The smallest absolute Gasteiger partial charge is 0.221 e. The van der Waals surface area contributed by atoms with E-state index in [1.54, 1.807) is 13.1 Å². The fourth-order valence-electron chi connectivity index (χ4n) is 1.63. The second-order valence-corrected chi connectivity index (χ2v) is 5.51. The van der Waals surface area contributed by atoms with Crippen LogP contribution in [-0.4, -0.2) is 16.0 Å². The minimum Gasteiger partial charge on any atom is -0.389 e. The van der Waals surface area contributed by atoms with Gasteiger partial charge in [-0.1, -0.05) is 17.8 Å². The van der Waals surface area contributed by atoms with Crippen molar-refractivity contribution in [2.45, 2.75) is 29.9 Å². The van der Waals surface area contributed by atoms with Gasteiger partial charge < -0.3 is 10.4 Å². The zero-order chi connectivity index (χ0) is 14.5. The number of carbonyl (C=O) groups is 1. The fraction of sp³-hybridized carbons (Fsp3) is 0.200. The van der Waals surface area contributed by atoms with Gasteiger partial charge in [0, 0.05) is 23.7 Å². The second kappa shape index (κ2) is 6.54. The van der Waals surface area contributed by atoms with Crippen molar-refractivity contribution in [1.82, 2.24) is 4.98 Å². The Hall–Kier alpha value is -1.85. The van der Waals surface area contributed by atoms with Crippen LogP contribution in [0, 0.1) is 0 Å². The van der Waals surface area contributed by atoms with E-state index in [0.717, 1.165) is 21.2 Å². The van der Waals surface area contributed by atoms with Crippen molar-refractivity contribution in [3.8, 4) is 0 Å². The number of benzene rings is 1. The quantitative estimate of drug-likeness (QED) is 0.906. The van der Waals surface area contributed by atoms with E-state index in [-0.39, 0.29) is 5.91 Å². The monoisotopic (exact) mass is 288 g/mol. The number of amides is 1. The molecule has 4 nitrogen and oxygen atoms in total. The summed E-state index contributed by atoms with van der Waals surface area (Å²) in [6, 6.07) is 11.3. The van der Waals surface area contributed by atoms with Gasteiger partial charge in [0.1, 0.15) is 5.03 Å². The van der Waals surface area contributed by atoms with E-state index < -0.39 is 6.10 Å². The Balaban J connectivity index is 2.04. The van der Waals surface area contributed by atoms with E-state index in [1.807, 2.05) is 36.4 Å². The topological polar surface area (TPSA) is 62.2 Å². The zero-order valence-electron chi connectivity index (χ0n) is 11.3. The summed E-state index contributed by atoms with van der Waals surface area (Å²) in [7, 11) is 0. The maximum absolute atomic E-state index is 10.9. The van der Waals surface area contributed by atoms with Crippen LogP contribution in [0.2, 0.25) is 0 Å². The number of aliphatic hydroxyl groups is 1. The van der Waals surface area contributed by atoms with Crippen molar-refractivity contribution in [1.29, 1.82) is 0 Å². The van der Waals surface area contributed by atoms with Crippen LogP contribution in [-0.2, 0) is 4.79 Å². The number of aromatic nitrogens is 1. The highest BCUT2D eigenvalue weighted by Crippen LogP contribution is 2.27. The molecule has 1 aromatic carbocycles. The molecule has 2 rings (SSSR count). The molecule has 1 aromatic heterocycles. The molecule has 1 heterocycles. The summed E-state index contributed by atoms with van der Waals surface area (Å²) in [5, 5.41) is 13.0. The average Bonchev–Trinajstić information content (AvgIpc) is 2.41. The molecule has 0 saturated carbocycles. The van der Waals surface area contributed by atoms with Gasteiger partial charge in [-0.05, 0) is 42.8 Å². The highest BCUT2D eigenvalue weighted by Gasteiger charge is 2.03. The molecule has 0 aliphatic rings. The summed E-state index contributed by atoms with van der Waals surface area (Å²) < 4.78 is 0. The molecule has 1 atom stereocenters. The Kier molecular flexibility index (Phi) is 4.76. The fourth-order valence-corrected chi connectivity index (χ4v) is 2.38. The van der Waals surface area contributed by atoms with Crippen LogP contribution in [0.3, 0.4) is 0 Å². The molecule has 0 unspecified atom stereocenters. The first-order valence-corrected chi connectivity index (χ1v) is 7.06. The van der Waals surface area contributed by atoms with Crippen LogP contribution < -0.4 is 5.32 Å². The van der Waals surface area contributed by atoms with Crippen LogP contribution in [0.15, 0.2) is 52.5 Å². The number of hydrogen-bond acceptors (Lipinski definition) is 4. The minimum atomic E-state index is -0.501. The predicted molar refractivity (Wildman–Crippen MR) is 79.7 cm³/mol. The third kappa shape index (κ3) is 4.08. The summed E-state index contributed by atoms with van der Waals surface area (Å²) in [6.07, 6.45) is 1.18. The molecular weight excluding hydrogens is 272 g/mol. The molecule has 0 radical (unpaired) electrons. The lowest BCUT2D eigenvalue weighted by atomic mass is 10.2. The predicted octanol–water partition coefficient (Wildman–Crippen LogP) is 3.24. The number of aliphatic hydroxyl groups excluding tert-OH is 1. The number of pyridine rings is 1. The third-order valence-corrected chi connectivity index (χ3v) is 3.60. The largest absolute Gasteiger partial charge is 0.389 e. The molecule has 0 aliphatic carbocycles. The molecule has 0 saturated heterocycles. The Bertz CT molecular complexity index is 580. The molecule has 2 N–H and O–H groups in total. The normalized spacial score (nSPS) is 11.9. The number of rotatable bonds is 4. The van der Waals surface area contributed by atoms with Gasteiger partial charge >= 0.3 is 0 Å². The van der Waals surface area contributed by atoms with Crippen LogP contribution in [0.1, 0.15) is 25.5 Å². The highest BCUT2D eigenvalue weighted by atomic mass is 32.2. The van der Waals surface area contributed by atoms with E-state index in [4.69, 9.17) is 0 Å². The summed E-state index contributed by atoms with van der Waals surface area (Å²) in [4.78, 5) is 16.3. The van der Waals surface area contributed by atoms with Gasteiger partial charge in [0.25, 0.3) is 0 Å². The maximum atomic E-state index is 10.9. The van der Waals surface area contributed by atoms with Gasteiger partial charge in [-0.25, -0.2) is 4.98 Å². The summed E-state index contributed by atoms with van der Waals surface area (Å²) in [5.74, 6) is -0.0826. The molecule has 104 valence electrons. The first-order valence-electron chi connectivity index (χ1n) is 6.24. The van der Waals surface area contributed by atoms with Crippen molar-refractivity contribution < 1.29 is 9.90 Å². The Morgan fingerprint density at radius 2 is 1.95 bits per heavy atom. The van der Waals surface area contributed by atoms with Crippen LogP contribution in [0.4, 0.5) is 5.69 Å². The van der Waals surface area contributed by atoms with Crippen LogP contribution in [0.5, 0.6) is 0 Å². The minimum absolute atomic E-state index is 0.0826. The molecule has 1 amide bonds. The van der Waals surface area contributed by atoms with Crippen molar-refractivity contribution >= 4 is 23.4 Å². The van der Waals surface area contributed by atoms with Crippen LogP contribution in [0.25, 0.3) is 0 Å². The molecule has 2 aromatic rings. The lowest BCUT2D eigenvalue weighted by molar-refractivity contribution is -0.114. The molecule has 0 aliphatic heterocycles. The number of nitrogens with one attached hydrogen (secondary N) is 1. The molecular formula is C15H16N2O2S. The van der Waals surface area contributed by atoms with Crippen LogP contribution >= 0.6 is 11.8 Å². The lowest BCUT2D eigenvalue weighted by Gasteiger charge is -2.06. The standard InChI is InChI=1S/C15H16N2O2S/c1-10(18)12-3-8-15(16-9-12)20-14-6-4-13(5-7-14)17-11(2)19/h3-10,18H,1-2H3,(H,17,19)/t10-/m1/s1. The number of anilines is 1. The lowest BCUT2D eigenvalue weighted by Crippen LogP contribution is -2.05. The van der Waals surface area contributed by atoms with E-state index in [9.17, 15) is 9.90 Å². The van der Waals surface area contributed by atoms with Crippen molar-refractivity contribution in [3.63, 3.8) is 0 Å².